The van der Waals surface area contributed by atoms with Crippen molar-refractivity contribution in [3.8, 4) is 6.07 Å². The Kier molecular flexibility index (Phi) is 3.60. The predicted molar refractivity (Wildman–Crippen MR) is 79.6 cm³/mol. The third-order valence-corrected chi connectivity index (χ3v) is 4.45. The first-order valence-electron chi connectivity index (χ1n) is 6.81. The lowest BCUT2D eigenvalue weighted by molar-refractivity contribution is -0.119. The summed E-state index contributed by atoms with van der Waals surface area (Å²) in [6, 6.07) is 9.68. The number of fused-ring (bicyclic) bond motifs is 1. The van der Waals surface area contributed by atoms with E-state index in [-0.39, 0.29) is 17.6 Å². The summed E-state index contributed by atoms with van der Waals surface area (Å²) in [5, 5.41) is 12.5. The number of rotatable bonds is 5. The molecule has 1 atom stereocenters. The van der Waals surface area contributed by atoms with Crippen LogP contribution in [0.1, 0.15) is 19.8 Å². The van der Waals surface area contributed by atoms with Gasteiger partial charge >= 0.3 is 0 Å². The number of amides is 1. The van der Waals surface area contributed by atoms with E-state index in [1.165, 1.54) is 11.8 Å². The number of nitrogens with one attached hydrogen (secondary N) is 1. The van der Waals surface area contributed by atoms with Gasteiger partial charge < -0.3 is 9.73 Å². The van der Waals surface area contributed by atoms with Crippen molar-refractivity contribution < 1.29 is 9.21 Å². The fourth-order valence-electron chi connectivity index (χ4n) is 2.25. The van der Waals surface area contributed by atoms with Gasteiger partial charge in [-0.1, -0.05) is 23.9 Å². The molecule has 0 radical (unpaired) electrons. The van der Waals surface area contributed by atoms with E-state index in [0.29, 0.717) is 10.8 Å². The molecule has 1 amide bonds. The minimum atomic E-state index is -0.751. The Morgan fingerprint density at radius 3 is 3.00 bits per heavy atom. The number of nitriles is 1. The van der Waals surface area contributed by atoms with Crippen molar-refractivity contribution in [2.75, 3.05) is 5.75 Å². The molecular formula is C15H15N3O2S. The van der Waals surface area contributed by atoms with Gasteiger partial charge in [0.2, 0.25) is 5.91 Å². The molecule has 1 aliphatic rings. The van der Waals surface area contributed by atoms with Crippen LogP contribution >= 0.6 is 11.8 Å². The lowest BCUT2D eigenvalue weighted by Crippen LogP contribution is -2.47. The average molecular weight is 301 g/mol. The molecule has 1 heterocycles. The van der Waals surface area contributed by atoms with E-state index < -0.39 is 5.54 Å². The SMILES string of the molecule is C[C@](C#N)(NC(=O)CSc1nc2ccccc2o1)C1CC1. The minimum Gasteiger partial charge on any atom is -0.431 e. The highest BCUT2D eigenvalue weighted by Gasteiger charge is 2.42. The van der Waals surface area contributed by atoms with Gasteiger partial charge in [0.25, 0.3) is 5.22 Å². The number of benzene rings is 1. The molecule has 1 aromatic carbocycles. The summed E-state index contributed by atoms with van der Waals surface area (Å²) in [5.41, 5.74) is 0.736. The van der Waals surface area contributed by atoms with Crippen LogP contribution < -0.4 is 5.32 Å². The molecule has 0 saturated heterocycles. The second kappa shape index (κ2) is 5.41. The molecule has 0 bridgehead atoms. The van der Waals surface area contributed by atoms with Crippen LogP contribution in [-0.2, 0) is 4.79 Å². The molecule has 1 aromatic heterocycles. The highest BCUT2D eigenvalue weighted by molar-refractivity contribution is 7.99. The molecule has 21 heavy (non-hydrogen) atoms. The normalized spacial score (nSPS) is 17.1. The first-order valence-corrected chi connectivity index (χ1v) is 7.80. The van der Waals surface area contributed by atoms with Gasteiger partial charge in [-0.15, -0.1) is 0 Å². The molecule has 108 valence electrons. The van der Waals surface area contributed by atoms with Crippen molar-refractivity contribution in [1.82, 2.24) is 10.3 Å². The van der Waals surface area contributed by atoms with Crippen LogP contribution in [-0.4, -0.2) is 22.2 Å². The van der Waals surface area contributed by atoms with Crippen molar-refractivity contribution in [3.05, 3.63) is 24.3 Å². The van der Waals surface area contributed by atoms with Gasteiger partial charge in [0.05, 0.1) is 11.8 Å². The number of oxazole rings is 1. The Hall–Kier alpha value is -2.00. The highest BCUT2D eigenvalue weighted by Crippen LogP contribution is 2.39. The molecule has 1 saturated carbocycles. The number of hydrogen-bond acceptors (Lipinski definition) is 5. The van der Waals surface area contributed by atoms with Gasteiger partial charge in [-0.3, -0.25) is 4.79 Å². The van der Waals surface area contributed by atoms with Gasteiger partial charge in [0, 0.05) is 0 Å². The number of thioether (sulfide) groups is 1. The number of nitrogens with zero attached hydrogens (tertiary/aromatic N) is 2. The Bertz CT molecular complexity index is 684. The Balaban J connectivity index is 1.59. The molecule has 1 aliphatic carbocycles. The third-order valence-electron chi connectivity index (χ3n) is 3.63. The molecule has 0 aliphatic heterocycles. The smallest absolute Gasteiger partial charge is 0.257 e. The van der Waals surface area contributed by atoms with E-state index in [2.05, 4.69) is 16.4 Å². The van der Waals surface area contributed by atoms with Crippen LogP contribution in [0.4, 0.5) is 0 Å². The molecule has 1 fully saturated rings. The van der Waals surface area contributed by atoms with Gasteiger partial charge in [0.1, 0.15) is 11.1 Å². The van der Waals surface area contributed by atoms with Crippen molar-refractivity contribution in [2.24, 2.45) is 5.92 Å². The van der Waals surface area contributed by atoms with Crippen molar-refractivity contribution >= 4 is 28.8 Å². The second-order valence-corrected chi connectivity index (χ2v) is 6.30. The summed E-state index contributed by atoms with van der Waals surface area (Å²) in [6.45, 7) is 1.78. The number of aromatic nitrogens is 1. The van der Waals surface area contributed by atoms with Crippen LogP contribution in [0.3, 0.4) is 0 Å². The minimum absolute atomic E-state index is 0.168. The quantitative estimate of drug-likeness (QED) is 0.859. The Morgan fingerprint density at radius 2 is 2.33 bits per heavy atom. The third kappa shape index (κ3) is 3.03. The first kappa shape index (κ1) is 14.0. The molecular weight excluding hydrogens is 286 g/mol. The van der Waals surface area contributed by atoms with Gasteiger partial charge in [-0.05, 0) is 37.8 Å². The van der Waals surface area contributed by atoms with E-state index in [1.54, 1.807) is 6.92 Å². The van der Waals surface area contributed by atoms with Crippen molar-refractivity contribution in [2.45, 2.75) is 30.5 Å². The van der Waals surface area contributed by atoms with E-state index in [4.69, 9.17) is 4.42 Å². The van der Waals surface area contributed by atoms with E-state index in [9.17, 15) is 10.1 Å². The summed E-state index contributed by atoms with van der Waals surface area (Å²) < 4.78 is 5.54. The number of carbonyl (C=O) groups is 1. The maximum atomic E-state index is 12.0. The van der Waals surface area contributed by atoms with Gasteiger partial charge in [-0.25, -0.2) is 4.98 Å². The number of para-hydroxylation sites is 2. The van der Waals surface area contributed by atoms with Crippen LogP contribution in [0, 0.1) is 17.2 Å². The van der Waals surface area contributed by atoms with Crippen LogP contribution in [0.25, 0.3) is 11.1 Å². The van der Waals surface area contributed by atoms with Crippen LogP contribution in [0.5, 0.6) is 0 Å². The average Bonchev–Trinajstić information content (AvgIpc) is 3.25. The van der Waals surface area contributed by atoms with E-state index in [1.807, 2.05) is 24.3 Å². The number of hydrogen-bond donors (Lipinski definition) is 1. The topological polar surface area (TPSA) is 78.9 Å². The van der Waals surface area contributed by atoms with Crippen molar-refractivity contribution in [1.29, 1.82) is 5.26 Å². The van der Waals surface area contributed by atoms with Crippen LogP contribution in [0.2, 0.25) is 0 Å². The molecule has 0 spiro atoms. The maximum Gasteiger partial charge on any atom is 0.257 e. The lowest BCUT2D eigenvalue weighted by atomic mass is 9.98. The fourth-order valence-corrected chi connectivity index (χ4v) is 2.89. The largest absolute Gasteiger partial charge is 0.431 e. The van der Waals surface area contributed by atoms with Crippen LogP contribution in [0.15, 0.2) is 33.9 Å². The van der Waals surface area contributed by atoms with Gasteiger partial charge in [0.15, 0.2) is 5.58 Å². The molecule has 2 aromatic rings. The molecule has 5 nitrogen and oxygen atoms in total. The summed E-state index contributed by atoms with van der Waals surface area (Å²) in [6.07, 6.45) is 2.01. The summed E-state index contributed by atoms with van der Waals surface area (Å²) in [5.74, 6) is 0.301. The number of carbonyl (C=O) groups excluding carboxylic acids is 1. The summed E-state index contributed by atoms with van der Waals surface area (Å²) >= 11 is 1.24. The monoisotopic (exact) mass is 301 g/mol. The van der Waals surface area contributed by atoms with Crippen molar-refractivity contribution in [3.63, 3.8) is 0 Å². The zero-order valence-corrected chi connectivity index (χ0v) is 12.4. The second-order valence-electron chi connectivity index (χ2n) is 5.37. The summed E-state index contributed by atoms with van der Waals surface area (Å²) in [7, 11) is 0. The Labute approximate surface area is 126 Å². The molecule has 3 rings (SSSR count). The predicted octanol–water partition coefficient (Wildman–Crippen LogP) is 2.73. The fraction of sp³-hybridized carbons (Fsp3) is 0.400. The highest BCUT2D eigenvalue weighted by atomic mass is 32.2. The van der Waals surface area contributed by atoms with E-state index in [0.717, 1.165) is 18.4 Å². The Morgan fingerprint density at radius 1 is 1.57 bits per heavy atom. The maximum absolute atomic E-state index is 12.0. The molecule has 6 heteroatoms. The van der Waals surface area contributed by atoms with E-state index >= 15 is 0 Å². The molecule has 1 N–H and O–H groups in total. The lowest BCUT2D eigenvalue weighted by Gasteiger charge is -2.22. The van der Waals surface area contributed by atoms with Gasteiger partial charge in [-0.2, -0.15) is 5.26 Å². The summed E-state index contributed by atoms with van der Waals surface area (Å²) in [4.78, 5) is 16.3. The first-order chi connectivity index (χ1) is 10.1. The zero-order valence-electron chi connectivity index (χ0n) is 11.6. The standard InChI is InChI=1S/C15H15N3O2S/c1-15(9-16,10-6-7-10)18-13(19)8-21-14-17-11-4-2-3-5-12(11)20-14/h2-5,10H,6-8H2,1H3,(H,18,19)/t15-/m1/s1. The zero-order chi connectivity index (χ0) is 14.9. The molecule has 0 unspecified atom stereocenters.